The SMILES string of the molecule is C[C@H]1C[C@@H]1C(=O)NCc1ccc(N(C)C)cc1. The first kappa shape index (κ1) is 12.0. The normalized spacial score (nSPS) is 22.1. The maximum absolute atomic E-state index is 11.6. The summed E-state index contributed by atoms with van der Waals surface area (Å²) in [5.41, 5.74) is 2.33. The van der Waals surface area contributed by atoms with Gasteiger partial charge in [-0.15, -0.1) is 0 Å². The van der Waals surface area contributed by atoms with Gasteiger partial charge in [-0.25, -0.2) is 0 Å². The molecule has 0 heterocycles. The first-order chi connectivity index (χ1) is 8.08. The molecule has 0 spiro atoms. The average molecular weight is 232 g/mol. The van der Waals surface area contributed by atoms with E-state index in [4.69, 9.17) is 0 Å². The Kier molecular flexibility index (Phi) is 3.36. The molecule has 1 N–H and O–H groups in total. The van der Waals surface area contributed by atoms with Gasteiger partial charge in [0.15, 0.2) is 0 Å². The minimum absolute atomic E-state index is 0.203. The van der Waals surface area contributed by atoms with Gasteiger partial charge in [-0.2, -0.15) is 0 Å². The fourth-order valence-corrected chi connectivity index (χ4v) is 1.92. The van der Waals surface area contributed by atoms with Crippen molar-refractivity contribution in [2.75, 3.05) is 19.0 Å². The highest BCUT2D eigenvalue weighted by atomic mass is 16.2. The largest absolute Gasteiger partial charge is 0.378 e. The van der Waals surface area contributed by atoms with E-state index in [9.17, 15) is 4.79 Å². The molecule has 0 radical (unpaired) electrons. The van der Waals surface area contributed by atoms with Gasteiger partial charge in [-0.3, -0.25) is 4.79 Å². The van der Waals surface area contributed by atoms with Crippen molar-refractivity contribution < 1.29 is 4.79 Å². The Labute approximate surface area is 103 Å². The van der Waals surface area contributed by atoms with Gasteiger partial charge >= 0.3 is 0 Å². The van der Waals surface area contributed by atoms with Crippen LogP contribution in [0.5, 0.6) is 0 Å². The Morgan fingerprint density at radius 3 is 2.41 bits per heavy atom. The van der Waals surface area contributed by atoms with E-state index in [0.717, 1.165) is 12.0 Å². The van der Waals surface area contributed by atoms with E-state index in [2.05, 4.69) is 41.4 Å². The molecule has 3 nitrogen and oxygen atoms in total. The van der Waals surface area contributed by atoms with Crippen LogP contribution in [-0.4, -0.2) is 20.0 Å². The lowest BCUT2D eigenvalue weighted by Crippen LogP contribution is -2.24. The van der Waals surface area contributed by atoms with Crippen LogP contribution in [-0.2, 0) is 11.3 Å². The van der Waals surface area contributed by atoms with E-state index in [1.807, 2.05) is 14.1 Å². The summed E-state index contributed by atoms with van der Waals surface area (Å²) in [4.78, 5) is 13.7. The summed E-state index contributed by atoms with van der Waals surface area (Å²) < 4.78 is 0. The number of carbonyl (C=O) groups is 1. The van der Waals surface area contributed by atoms with Gasteiger partial charge in [0.25, 0.3) is 0 Å². The van der Waals surface area contributed by atoms with Gasteiger partial charge in [0.05, 0.1) is 0 Å². The van der Waals surface area contributed by atoms with Gasteiger partial charge in [-0.05, 0) is 30.0 Å². The molecule has 1 aliphatic carbocycles. The minimum atomic E-state index is 0.203. The summed E-state index contributed by atoms with van der Waals surface area (Å²) in [5.74, 6) is 1.04. The number of benzene rings is 1. The second-order valence-corrected chi connectivity index (χ2v) is 5.10. The molecule has 1 fully saturated rings. The lowest BCUT2D eigenvalue weighted by atomic mass is 10.2. The molecule has 0 saturated heterocycles. The summed E-state index contributed by atoms with van der Waals surface area (Å²) in [6.45, 7) is 2.76. The molecular formula is C14H20N2O. The van der Waals surface area contributed by atoms with Crippen molar-refractivity contribution in [3.05, 3.63) is 29.8 Å². The average Bonchev–Trinajstić information content (AvgIpc) is 3.04. The van der Waals surface area contributed by atoms with Gasteiger partial charge < -0.3 is 10.2 Å². The van der Waals surface area contributed by atoms with Crippen LogP contribution in [0.3, 0.4) is 0 Å². The maximum atomic E-state index is 11.6. The highest BCUT2D eigenvalue weighted by Gasteiger charge is 2.38. The van der Waals surface area contributed by atoms with Crippen molar-refractivity contribution >= 4 is 11.6 Å². The molecule has 92 valence electrons. The monoisotopic (exact) mass is 232 g/mol. The predicted octanol–water partition coefficient (Wildman–Crippen LogP) is 2.02. The topological polar surface area (TPSA) is 32.3 Å². The van der Waals surface area contributed by atoms with Crippen molar-refractivity contribution in [2.24, 2.45) is 11.8 Å². The minimum Gasteiger partial charge on any atom is -0.378 e. The van der Waals surface area contributed by atoms with Crippen molar-refractivity contribution in [1.29, 1.82) is 0 Å². The Hall–Kier alpha value is -1.51. The fourth-order valence-electron chi connectivity index (χ4n) is 1.92. The van der Waals surface area contributed by atoms with Crippen LogP contribution >= 0.6 is 0 Å². The Bertz CT molecular complexity index is 397. The number of hydrogen-bond acceptors (Lipinski definition) is 2. The van der Waals surface area contributed by atoms with Crippen molar-refractivity contribution in [1.82, 2.24) is 5.32 Å². The van der Waals surface area contributed by atoms with E-state index in [1.54, 1.807) is 0 Å². The van der Waals surface area contributed by atoms with Crippen LogP contribution in [0.4, 0.5) is 5.69 Å². The molecule has 17 heavy (non-hydrogen) atoms. The summed E-state index contributed by atoms with van der Waals surface area (Å²) in [5, 5.41) is 2.99. The number of nitrogens with zero attached hydrogens (tertiary/aromatic N) is 1. The summed E-state index contributed by atoms with van der Waals surface area (Å²) in [7, 11) is 4.04. The molecule has 1 saturated carbocycles. The molecule has 0 unspecified atom stereocenters. The van der Waals surface area contributed by atoms with Crippen molar-refractivity contribution in [3.63, 3.8) is 0 Å². The van der Waals surface area contributed by atoms with E-state index >= 15 is 0 Å². The van der Waals surface area contributed by atoms with E-state index in [0.29, 0.717) is 12.5 Å². The Balaban J connectivity index is 1.84. The molecule has 2 rings (SSSR count). The number of rotatable bonds is 4. The molecule has 0 aliphatic heterocycles. The van der Waals surface area contributed by atoms with Crippen LogP contribution in [0.15, 0.2) is 24.3 Å². The van der Waals surface area contributed by atoms with E-state index < -0.39 is 0 Å². The Morgan fingerprint density at radius 2 is 1.94 bits per heavy atom. The highest BCUT2D eigenvalue weighted by molar-refractivity contribution is 5.81. The number of hydrogen-bond donors (Lipinski definition) is 1. The summed E-state index contributed by atoms with van der Waals surface area (Å²) >= 11 is 0. The number of amides is 1. The van der Waals surface area contributed by atoms with Gasteiger partial charge in [0, 0.05) is 32.2 Å². The molecule has 1 aliphatic rings. The predicted molar refractivity (Wildman–Crippen MR) is 69.9 cm³/mol. The lowest BCUT2D eigenvalue weighted by molar-refractivity contribution is -0.122. The second-order valence-electron chi connectivity index (χ2n) is 5.10. The van der Waals surface area contributed by atoms with Crippen molar-refractivity contribution in [3.8, 4) is 0 Å². The molecule has 1 aromatic carbocycles. The van der Waals surface area contributed by atoms with Crippen molar-refractivity contribution in [2.45, 2.75) is 19.9 Å². The smallest absolute Gasteiger partial charge is 0.223 e. The van der Waals surface area contributed by atoms with Gasteiger partial charge in [0.1, 0.15) is 0 Å². The number of anilines is 1. The zero-order chi connectivity index (χ0) is 12.4. The van der Waals surface area contributed by atoms with Crippen LogP contribution in [0, 0.1) is 11.8 Å². The molecule has 0 aromatic heterocycles. The molecule has 1 aromatic rings. The molecule has 0 bridgehead atoms. The quantitative estimate of drug-likeness (QED) is 0.861. The first-order valence-corrected chi connectivity index (χ1v) is 6.12. The number of carbonyl (C=O) groups excluding carboxylic acids is 1. The maximum Gasteiger partial charge on any atom is 0.223 e. The summed E-state index contributed by atoms with van der Waals surface area (Å²) in [6, 6.07) is 8.26. The number of nitrogens with one attached hydrogen (secondary N) is 1. The van der Waals surface area contributed by atoms with Crippen LogP contribution in [0.25, 0.3) is 0 Å². The summed E-state index contributed by atoms with van der Waals surface area (Å²) in [6.07, 6.45) is 1.05. The highest BCUT2D eigenvalue weighted by Crippen LogP contribution is 2.37. The molecule has 1 amide bonds. The lowest BCUT2D eigenvalue weighted by Gasteiger charge is -2.12. The standard InChI is InChI=1S/C14H20N2O/c1-10-8-13(10)14(17)15-9-11-4-6-12(7-5-11)16(2)3/h4-7,10,13H,8-9H2,1-3H3,(H,15,17)/t10-,13-/m0/s1. The zero-order valence-electron chi connectivity index (χ0n) is 10.7. The molecule has 2 atom stereocenters. The van der Waals surface area contributed by atoms with Crippen LogP contribution in [0.1, 0.15) is 18.9 Å². The zero-order valence-corrected chi connectivity index (χ0v) is 10.7. The fraction of sp³-hybridized carbons (Fsp3) is 0.500. The molecular weight excluding hydrogens is 212 g/mol. The third-order valence-electron chi connectivity index (χ3n) is 3.37. The van der Waals surface area contributed by atoms with E-state index in [1.165, 1.54) is 5.69 Å². The van der Waals surface area contributed by atoms with Gasteiger partial charge in [0.2, 0.25) is 5.91 Å². The second kappa shape index (κ2) is 4.78. The Morgan fingerprint density at radius 1 is 1.35 bits per heavy atom. The first-order valence-electron chi connectivity index (χ1n) is 6.12. The van der Waals surface area contributed by atoms with Crippen LogP contribution < -0.4 is 10.2 Å². The third-order valence-corrected chi connectivity index (χ3v) is 3.37. The molecule has 3 heteroatoms. The van der Waals surface area contributed by atoms with Crippen LogP contribution in [0.2, 0.25) is 0 Å². The van der Waals surface area contributed by atoms with Gasteiger partial charge in [-0.1, -0.05) is 19.1 Å². The van der Waals surface area contributed by atoms with E-state index in [-0.39, 0.29) is 11.8 Å². The third kappa shape index (κ3) is 2.99.